The normalized spacial score (nSPS) is 11.8. The Labute approximate surface area is 177 Å². The number of imidazole rings is 2. The van der Waals surface area contributed by atoms with E-state index in [9.17, 15) is 9.59 Å². The number of benzene rings is 1. The van der Waals surface area contributed by atoms with Gasteiger partial charge in [-0.2, -0.15) is 4.98 Å². The Balaban J connectivity index is 1.96. The van der Waals surface area contributed by atoms with Crippen LogP contribution in [0.2, 0.25) is 5.02 Å². The number of aromatic nitrogens is 5. The van der Waals surface area contributed by atoms with Crippen molar-refractivity contribution < 1.29 is 4.74 Å². The Morgan fingerprint density at radius 1 is 1.13 bits per heavy atom. The van der Waals surface area contributed by atoms with E-state index in [1.807, 2.05) is 24.3 Å². The summed E-state index contributed by atoms with van der Waals surface area (Å²) in [6.45, 7) is 5.46. The predicted molar refractivity (Wildman–Crippen MR) is 117 cm³/mol. The van der Waals surface area contributed by atoms with Crippen LogP contribution in [0.3, 0.4) is 0 Å². The van der Waals surface area contributed by atoms with E-state index >= 15 is 0 Å². The molecule has 0 amide bonds. The Morgan fingerprint density at radius 3 is 2.60 bits per heavy atom. The molecule has 4 aromatic rings. The minimum absolute atomic E-state index is 0.141. The highest BCUT2D eigenvalue weighted by molar-refractivity contribution is 6.30. The van der Waals surface area contributed by atoms with Crippen LogP contribution in [0.25, 0.3) is 16.9 Å². The highest BCUT2D eigenvalue weighted by atomic mass is 35.5. The van der Waals surface area contributed by atoms with Crippen molar-refractivity contribution in [1.82, 2.24) is 23.1 Å². The summed E-state index contributed by atoms with van der Waals surface area (Å²) in [6, 6.07) is 7.16. The molecule has 3 heterocycles. The van der Waals surface area contributed by atoms with Crippen LogP contribution in [-0.4, -0.2) is 36.8 Å². The van der Waals surface area contributed by atoms with E-state index in [4.69, 9.17) is 16.3 Å². The van der Waals surface area contributed by atoms with Crippen LogP contribution in [0.15, 0.2) is 33.9 Å². The molecule has 158 valence electrons. The topological polar surface area (TPSA) is 75.5 Å². The van der Waals surface area contributed by atoms with Crippen LogP contribution in [-0.2, 0) is 24.9 Å². The molecule has 1 aromatic carbocycles. The van der Waals surface area contributed by atoms with Crippen LogP contribution >= 0.6 is 11.6 Å². The lowest BCUT2D eigenvalue weighted by Crippen LogP contribution is -2.39. The van der Waals surface area contributed by atoms with Crippen molar-refractivity contribution in [3.05, 3.63) is 67.1 Å². The number of hydrogen-bond donors (Lipinski definition) is 0. The number of hydrogen-bond acceptors (Lipinski definition) is 4. The maximum Gasteiger partial charge on any atom is 0.332 e. The van der Waals surface area contributed by atoms with Crippen molar-refractivity contribution in [2.75, 3.05) is 13.7 Å². The molecule has 3 aromatic heterocycles. The standard InChI is InChI=1S/C21H24ClN5O3/c1-13-14(2)27-17-18(23-20(27)25(13)9-6-10-30-4)24(3)21(29)26(19(17)28)12-15-7-5-8-16(22)11-15/h5,7-8,11H,6,9-10,12H2,1-4H3. The Kier molecular flexibility index (Phi) is 5.29. The van der Waals surface area contributed by atoms with Crippen molar-refractivity contribution in [2.24, 2.45) is 7.05 Å². The molecule has 4 rings (SSSR count). The van der Waals surface area contributed by atoms with Gasteiger partial charge in [0, 0.05) is 43.7 Å². The van der Waals surface area contributed by atoms with Crippen molar-refractivity contribution in [3.63, 3.8) is 0 Å². The first-order chi connectivity index (χ1) is 14.3. The molecular weight excluding hydrogens is 406 g/mol. The van der Waals surface area contributed by atoms with E-state index in [-0.39, 0.29) is 12.1 Å². The van der Waals surface area contributed by atoms with E-state index in [0.717, 1.165) is 23.4 Å². The smallest absolute Gasteiger partial charge is 0.332 e. The average Bonchev–Trinajstić information content (AvgIpc) is 3.21. The third-order valence-electron chi connectivity index (χ3n) is 5.59. The lowest BCUT2D eigenvalue weighted by atomic mass is 10.2. The lowest BCUT2D eigenvalue weighted by molar-refractivity contribution is 0.190. The fraction of sp³-hybridized carbons (Fsp3) is 0.381. The maximum absolute atomic E-state index is 13.4. The van der Waals surface area contributed by atoms with Gasteiger partial charge in [-0.25, -0.2) is 4.79 Å². The van der Waals surface area contributed by atoms with E-state index in [2.05, 4.69) is 9.55 Å². The second kappa shape index (κ2) is 7.77. The first-order valence-electron chi connectivity index (χ1n) is 9.76. The molecule has 0 unspecified atom stereocenters. The lowest BCUT2D eigenvalue weighted by Gasteiger charge is -2.09. The number of nitrogens with zero attached hydrogens (tertiary/aromatic N) is 5. The van der Waals surface area contributed by atoms with E-state index in [1.165, 1.54) is 9.13 Å². The van der Waals surface area contributed by atoms with Crippen LogP contribution in [0, 0.1) is 13.8 Å². The summed E-state index contributed by atoms with van der Waals surface area (Å²) in [7, 11) is 3.31. The molecule has 0 N–H and O–H groups in total. The van der Waals surface area contributed by atoms with Gasteiger partial charge in [0.15, 0.2) is 11.2 Å². The van der Waals surface area contributed by atoms with Crippen molar-refractivity contribution in [1.29, 1.82) is 0 Å². The quantitative estimate of drug-likeness (QED) is 0.441. The molecule has 0 aliphatic rings. The summed E-state index contributed by atoms with van der Waals surface area (Å²) in [4.78, 5) is 31.1. The molecule has 0 saturated carbocycles. The van der Waals surface area contributed by atoms with Crippen molar-refractivity contribution in [3.8, 4) is 0 Å². The van der Waals surface area contributed by atoms with Crippen LogP contribution in [0.1, 0.15) is 23.4 Å². The number of aryl methyl sites for hydroxylation is 3. The zero-order valence-corrected chi connectivity index (χ0v) is 18.2. The molecular formula is C21H24ClN5O3. The van der Waals surface area contributed by atoms with Gasteiger partial charge in [-0.15, -0.1) is 0 Å². The van der Waals surface area contributed by atoms with Crippen LogP contribution in [0.5, 0.6) is 0 Å². The Bertz CT molecular complexity index is 1380. The fourth-order valence-corrected chi connectivity index (χ4v) is 4.12. The zero-order chi connectivity index (χ0) is 21.6. The number of halogens is 1. The molecule has 0 saturated heterocycles. The molecule has 8 nitrogen and oxygen atoms in total. The summed E-state index contributed by atoms with van der Waals surface area (Å²) >= 11 is 6.07. The van der Waals surface area contributed by atoms with Gasteiger partial charge in [0.1, 0.15) is 0 Å². The van der Waals surface area contributed by atoms with Gasteiger partial charge in [-0.3, -0.25) is 18.3 Å². The van der Waals surface area contributed by atoms with Crippen LogP contribution in [0.4, 0.5) is 0 Å². The van der Waals surface area contributed by atoms with Gasteiger partial charge in [-0.1, -0.05) is 23.7 Å². The first kappa shape index (κ1) is 20.4. The second-order valence-corrected chi connectivity index (χ2v) is 7.89. The molecule has 9 heteroatoms. The van der Waals surface area contributed by atoms with Gasteiger partial charge in [0.25, 0.3) is 5.56 Å². The first-order valence-corrected chi connectivity index (χ1v) is 10.1. The number of fused-ring (bicyclic) bond motifs is 3. The zero-order valence-electron chi connectivity index (χ0n) is 17.5. The van der Waals surface area contributed by atoms with Gasteiger partial charge in [0.2, 0.25) is 5.78 Å². The average molecular weight is 430 g/mol. The van der Waals surface area contributed by atoms with Crippen molar-refractivity contribution >= 4 is 28.5 Å². The number of methoxy groups -OCH3 is 1. The van der Waals surface area contributed by atoms with Gasteiger partial charge < -0.3 is 9.30 Å². The predicted octanol–water partition coefficient (Wildman–Crippen LogP) is 2.50. The van der Waals surface area contributed by atoms with Gasteiger partial charge in [0.05, 0.1) is 6.54 Å². The largest absolute Gasteiger partial charge is 0.385 e. The molecule has 30 heavy (non-hydrogen) atoms. The summed E-state index contributed by atoms with van der Waals surface area (Å²) in [5.41, 5.74) is 2.75. The van der Waals surface area contributed by atoms with Gasteiger partial charge >= 0.3 is 5.69 Å². The minimum atomic E-state index is -0.409. The third-order valence-corrected chi connectivity index (χ3v) is 5.82. The maximum atomic E-state index is 13.4. The van der Waals surface area contributed by atoms with E-state index < -0.39 is 5.69 Å². The number of rotatable bonds is 6. The minimum Gasteiger partial charge on any atom is -0.385 e. The molecule has 0 aliphatic heterocycles. The monoisotopic (exact) mass is 429 g/mol. The number of ether oxygens (including phenoxy) is 1. The van der Waals surface area contributed by atoms with Crippen molar-refractivity contribution in [2.45, 2.75) is 33.4 Å². The molecule has 0 fully saturated rings. The van der Waals surface area contributed by atoms with Crippen LogP contribution < -0.4 is 11.2 Å². The highest BCUT2D eigenvalue weighted by Gasteiger charge is 2.22. The Hall–Kier alpha value is -2.84. The Morgan fingerprint density at radius 2 is 1.90 bits per heavy atom. The fourth-order valence-electron chi connectivity index (χ4n) is 3.91. The molecule has 0 atom stereocenters. The summed E-state index contributed by atoms with van der Waals surface area (Å²) in [5, 5.41) is 0.560. The summed E-state index contributed by atoms with van der Waals surface area (Å²) in [6.07, 6.45) is 0.822. The second-order valence-electron chi connectivity index (χ2n) is 7.45. The highest BCUT2D eigenvalue weighted by Crippen LogP contribution is 2.21. The summed E-state index contributed by atoms with van der Waals surface area (Å²) < 4.78 is 11.8. The third kappa shape index (κ3) is 3.16. The van der Waals surface area contributed by atoms with E-state index in [0.29, 0.717) is 35.1 Å². The van der Waals surface area contributed by atoms with Gasteiger partial charge in [-0.05, 0) is 38.0 Å². The molecule has 0 aliphatic carbocycles. The van der Waals surface area contributed by atoms with E-state index in [1.54, 1.807) is 32.4 Å². The molecule has 0 spiro atoms. The molecule has 0 radical (unpaired) electrons. The summed E-state index contributed by atoms with van der Waals surface area (Å²) in [5.74, 6) is 0.656. The SMILES string of the molecule is COCCCn1c(C)c(C)n2c3c(=O)n(Cc4cccc(Cl)c4)c(=O)n(C)c3nc12. The molecule has 0 bridgehead atoms.